The maximum Gasteiger partial charge on any atom is 0.0438 e. The molecule has 0 unspecified atom stereocenters. The third kappa shape index (κ3) is 2.51. The molecule has 1 aromatic rings. The smallest absolute Gasteiger partial charge is 0.0438 e. The number of aryl methyl sites for hydroxylation is 1. The van der Waals surface area contributed by atoms with Crippen LogP contribution in [0.2, 0.25) is 16.1 Å². The normalized spacial score (nSPS) is 10.4. The molecule has 0 aliphatic carbocycles. The number of benzene rings is 1. The maximum absolute atomic E-state index is 5.93. The van der Waals surface area contributed by atoms with Gasteiger partial charge in [-0.15, -0.1) is 0 Å². The molecule has 0 heterocycles. The lowest BCUT2D eigenvalue weighted by atomic mass is 10.2. The minimum absolute atomic E-state index is 0.777. The van der Waals surface area contributed by atoms with E-state index in [4.69, 9.17) is 23.2 Å². The summed E-state index contributed by atoms with van der Waals surface area (Å²) in [5.74, 6) is 0. The van der Waals surface area contributed by atoms with E-state index < -0.39 is 0 Å². The number of rotatable bonds is 2. The average Bonchev–Trinajstić information content (AvgIpc) is 1.98. The van der Waals surface area contributed by atoms with Crippen molar-refractivity contribution in [2.75, 3.05) is 0 Å². The summed E-state index contributed by atoms with van der Waals surface area (Å²) < 4.78 is 0. The minimum atomic E-state index is 0.777. The second-order valence-corrected chi connectivity index (χ2v) is 4.33. The summed E-state index contributed by atoms with van der Waals surface area (Å²) in [5, 5.41) is 1.62. The van der Waals surface area contributed by atoms with E-state index in [0.29, 0.717) is 0 Å². The van der Waals surface area contributed by atoms with E-state index >= 15 is 0 Å². The van der Waals surface area contributed by atoms with Gasteiger partial charge >= 0.3 is 0 Å². The first-order valence-electron chi connectivity index (χ1n) is 3.68. The summed E-state index contributed by atoms with van der Waals surface area (Å²) in [6, 6.07) is 6.86. The molecular weight excluding hydrogens is 195 g/mol. The Hall–Kier alpha value is 0.0169. The molecule has 0 fully saturated rings. The zero-order valence-corrected chi connectivity index (χ0v) is 9.91. The van der Waals surface area contributed by atoms with Gasteiger partial charge in [-0.1, -0.05) is 29.2 Å². The fourth-order valence-corrected chi connectivity index (χ4v) is 1.95. The van der Waals surface area contributed by atoms with Gasteiger partial charge in [-0.25, -0.2) is 0 Å². The van der Waals surface area contributed by atoms with Crippen LogP contribution in [0.5, 0.6) is 0 Å². The van der Waals surface area contributed by atoms with E-state index in [1.807, 2.05) is 18.2 Å². The zero-order chi connectivity index (χ0) is 8.27. The molecule has 0 nitrogen and oxygen atoms in total. The van der Waals surface area contributed by atoms with Crippen molar-refractivity contribution < 1.29 is 0 Å². The third-order valence-electron chi connectivity index (χ3n) is 1.53. The van der Waals surface area contributed by atoms with Crippen LogP contribution in [-0.2, 0) is 6.42 Å². The molecule has 1 aromatic carbocycles. The number of hydrogen-bond donors (Lipinski definition) is 0. The molecule has 0 saturated carbocycles. The lowest BCUT2D eigenvalue weighted by Crippen LogP contribution is -1.84. The first-order chi connectivity index (χ1) is 5.24. The van der Waals surface area contributed by atoms with Crippen molar-refractivity contribution in [2.45, 2.75) is 12.5 Å². The van der Waals surface area contributed by atoms with Crippen molar-refractivity contribution in [3.63, 3.8) is 0 Å². The first kappa shape index (κ1) is 9.11. The Morgan fingerprint density at radius 1 is 1.27 bits per heavy atom. The molecule has 0 aliphatic rings. The summed E-state index contributed by atoms with van der Waals surface area (Å²) in [6.07, 6.45) is 1.06. The number of hydrogen-bond acceptors (Lipinski definition) is 0. The summed E-state index contributed by atoms with van der Waals surface area (Å²) >= 11 is 11.7. The quantitative estimate of drug-likeness (QED) is 0.650. The van der Waals surface area contributed by atoms with Crippen LogP contribution in [-0.4, -0.2) is 10.2 Å². The lowest BCUT2D eigenvalue weighted by molar-refractivity contribution is 1.13. The molecular formula is C8H10Cl2Si. The highest BCUT2D eigenvalue weighted by Gasteiger charge is 1.98. The minimum Gasteiger partial charge on any atom is -0.0843 e. The van der Waals surface area contributed by atoms with Gasteiger partial charge in [0, 0.05) is 20.3 Å². The van der Waals surface area contributed by atoms with Crippen LogP contribution in [0, 0.1) is 0 Å². The van der Waals surface area contributed by atoms with Crippen LogP contribution in [0.4, 0.5) is 0 Å². The summed E-state index contributed by atoms with van der Waals surface area (Å²) in [4.78, 5) is 0. The molecule has 0 aliphatic heterocycles. The molecule has 11 heavy (non-hydrogen) atoms. The van der Waals surface area contributed by atoms with E-state index in [0.717, 1.165) is 16.5 Å². The molecule has 0 amide bonds. The summed E-state index contributed by atoms with van der Waals surface area (Å²) in [6.45, 7) is 0. The monoisotopic (exact) mass is 204 g/mol. The van der Waals surface area contributed by atoms with Gasteiger partial charge in [0.2, 0.25) is 0 Å². The van der Waals surface area contributed by atoms with Crippen LogP contribution < -0.4 is 0 Å². The van der Waals surface area contributed by atoms with Gasteiger partial charge in [-0.3, -0.25) is 0 Å². The average molecular weight is 205 g/mol. The van der Waals surface area contributed by atoms with Crippen molar-refractivity contribution in [3.8, 4) is 0 Å². The highest BCUT2D eigenvalue weighted by Crippen LogP contribution is 2.21. The van der Waals surface area contributed by atoms with Crippen molar-refractivity contribution in [1.29, 1.82) is 0 Å². The molecule has 0 aromatic heterocycles. The number of halogens is 2. The Kier molecular flexibility index (Phi) is 3.43. The SMILES string of the molecule is [SiH3]CCc1cc(Cl)ccc1Cl. The third-order valence-corrected chi connectivity index (χ3v) is 2.63. The molecule has 0 N–H and O–H groups in total. The van der Waals surface area contributed by atoms with Crippen molar-refractivity contribution >= 4 is 33.4 Å². The van der Waals surface area contributed by atoms with Gasteiger partial charge < -0.3 is 0 Å². The molecule has 0 atom stereocenters. The summed E-state index contributed by atoms with van der Waals surface area (Å²) in [5.41, 5.74) is 1.18. The molecule has 0 spiro atoms. The van der Waals surface area contributed by atoms with E-state index in [-0.39, 0.29) is 0 Å². The summed E-state index contributed by atoms with van der Waals surface area (Å²) in [7, 11) is 1.22. The van der Waals surface area contributed by atoms with Crippen molar-refractivity contribution in [2.24, 2.45) is 0 Å². The van der Waals surface area contributed by atoms with Crippen LogP contribution >= 0.6 is 23.2 Å². The van der Waals surface area contributed by atoms with E-state index in [9.17, 15) is 0 Å². The Bertz CT molecular complexity index is 248. The van der Waals surface area contributed by atoms with Gasteiger partial charge in [0.25, 0.3) is 0 Å². The molecule has 0 radical (unpaired) electrons. The van der Waals surface area contributed by atoms with Crippen molar-refractivity contribution in [1.82, 2.24) is 0 Å². The predicted molar refractivity (Wildman–Crippen MR) is 54.9 cm³/mol. The fraction of sp³-hybridized carbons (Fsp3) is 0.250. The Labute approximate surface area is 79.9 Å². The van der Waals surface area contributed by atoms with Crippen LogP contribution in [0.15, 0.2) is 18.2 Å². The fourth-order valence-electron chi connectivity index (χ4n) is 1.00. The van der Waals surface area contributed by atoms with E-state index in [2.05, 4.69) is 0 Å². The van der Waals surface area contributed by atoms with Gasteiger partial charge in [-0.2, -0.15) is 0 Å². The van der Waals surface area contributed by atoms with Crippen molar-refractivity contribution in [3.05, 3.63) is 33.8 Å². The predicted octanol–water partition coefficient (Wildman–Crippen LogP) is 2.32. The van der Waals surface area contributed by atoms with E-state index in [1.165, 1.54) is 21.9 Å². The molecule has 1 rings (SSSR count). The Morgan fingerprint density at radius 2 is 2.00 bits per heavy atom. The Balaban J connectivity index is 2.93. The lowest BCUT2D eigenvalue weighted by Gasteiger charge is -2.01. The van der Waals surface area contributed by atoms with Gasteiger partial charge in [-0.05, 0) is 30.2 Å². The standard InChI is InChI=1S/C8H10Cl2Si/c9-7-1-2-8(10)6(5-7)3-4-11/h1-2,5H,3-4H2,11H3. The molecule has 0 bridgehead atoms. The van der Waals surface area contributed by atoms with Crippen LogP contribution in [0.3, 0.4) is 0 Å². The molecule has 60 valence electrons. The van der Waals surface area contributed by atoms with Gasteiger partial charge in [0.05, 0.1) is 0 Å². The van der Waals surface area contributed by atoms with Gasteiger partial charge in [0.1, 0.15) is 0 Å². The maximum atomic E-state index is 5.93. The highest BCUT2D eigenvalue weighted by molar-refractivity contribution is 6.33. The topological polar surface area (TPSA) is 0 Å². The molecule has 0 saturated heterocycles. The van der Waals surface area contributed by atoms with Crippen LogP contribution in [0.1, 0.15) is 5.56 Å². The van der Waals surface area contributed by atoms with Gasteiger partial charge in [0.15, 0.2) is 0 Å². The first-order valence-corrected chi connectivity index (χ1v) is 5.85. The van der Waals surface area contributed by atoms with E-state index in [1.54, 1.807) is 0 Å². The second-order valence-electron chi connectivity index (χ2n) is 2.49. The second kappa shape index (κ2) is 4.15. The largest absolute Gasteiger partial charge is 0.0843 e. The Morgan fingerprint density at radius 3 is 2.64 bits per heavy atom. The van der Waals surface area contributed by atoms with Crippen LogP contribution in [0.25, 0.3) is 0 Å². The molecule has 3 heteroatoms. The zero-order valence-electron chi connectivity index (χ0n) is 6.40. The highest BCUT2D eigenvalue weighted by atomic mass is 35.5.